The molecule has 2 N–H and O–H groups in total. The van der Waals surface area contributed by atoms with Crippen LogP contribution in [0, 0.1) is 0 Å². The van der Waals surface area contributed by atoms with Crippen LogP contribution in [0.15, 0.2) is 30.3 Å². The van der Waals surface area contributed by atoms with Gasteiger partial charge in [0.15, 0.2) is 0 Å². The van der Waals surface area contributed by atoms with Crippen LogP contribution in [0.2, 0.25) is 0 Å². The van der Waals surface area contributed by atoms with E-state index in [0.717, 1.165) is 5.56 Å². The van der Waals surface area contributed by atoms with Crippen molar-refractivity contribution >= 4 is 29.5 Å². The van der Waals surface area contributed by atoms with Gasteiger partial charge >= 0.3 is 5.97 Å². The Morgan fingerprint density at radius 2 is 2.05 bits per heavy atom. The number of carboxylic acid groups (broad SMARTS) is 1. The molecule has 3 rings (SSSR count). The number of thioether (sulfide) groups is 1. The van der Waals surface area contributed by atoms with Gasteiger partial charge in [-0.25, -0.2) is 0 Å². The van der Waals surface area contributed by atoms with Crippen LogP contribution in [-0.4, -0.2) is 51.0 Å². The van der Waals surface area contributed by atoms with E-state index in [1.807, 2.05) is 30.3 Å². The number of hydrogen-bond acceptors (Lipinski definition) is 4. The van der Waals surface area contributed by atoms with Crippen molar-refractivity contribution in [3.05, 3.63) is 35.9 Å². The maximum Gasteiger partial charge on any atom is 0.318 e. The van der Waals surface area contributed by atoms with Crippen LogP contribution < -0.4 is 5.32 Å². The molecule has 21 heavy (non-hydrogen) atoms. The zero-order chi connectivity index (χ0) is 15.0. The van der Waals surface area contributed by atoms with Crippen molar-refractivity contribution in [1.29, 1.82) is 0 Å². The molecule has 3 atom stereocenters. The lowest BCUT2D eigenvalue weighted by Crippen LogP contribution is -2.67. The van der Waals surface area contributed by atoms with Crippen molar-refractivity contribution in [3.63, 3.8) is 0 Å². The molecule has 2 fully saturated rings. The zero-order valence-corrected chi connectivity index (χ0v) is 11.9. The lowest BCUT2D eigenvalue weighted by atomic mass is 10.1. The van der Waals surface area contributed by atoms with E-state index < -0.39 is 17.3 Å². The first kappa shape index (κ1) is 13.9. The third-order valence-electron chi connectivity index (χ3n) is 3.61. The van der Waals surface area contributed by atoms with Crippen LogP contribution >= 0.6 is 11.8 Å². The maximum atomic E-state index is 12.0. The van der Waals surface area contributed by atoms with Crippen molar-refractivity contribution in [2.24, 2.45) is 0 Å². The van der Waals surface area contributed by atoms with E-state index in [4.69, 9.17) is 5.11 Å². The summed E-state index contributed by atoms with van der Waals surface area (Å²) >= 11 is 1.22. The van der Waals surface area contributed by atoms with Crippen molar-refractivity contribution < 1.29 is 19.5 Å². The highest BCUT2D eigenvalue weighted by molar-refractivity contribution is 8.01. The SMILES string of the molecule is O=C(Cc1ccccc1)N[C@@H]1C(=O)N2C[C@@H](C(=O)O)S[C@H]12. The molecule has 2 aliphatic rings. The summed E-state index contributed by atoms with van der Waals surface area (Å²) in [7, 11) is 0. The van der Waals surface area contributed by atoms with Gasteiger partial charge in [-0.15, -0.1) is 11.8 Å². The molecule has 2 heterocycles. The van der Waals surface area contributed by atoms with Gasteiger partial charge in [0.1, 0.15) is 16.7 Å². The quantitative estimate of drug-likeness (QED) is 0.770. The standard InChI is InChI=1S/C14H14N2O4S/c17-10(6-8-4-2-1-3-5-8)15-11-12(18)16-7-9(14(19)20)21-13(11)16/h1-5,9,11,13H,6-7H2,(H,15,17)(H,19,20)/t9-,11+,13+/m0/s1. The number of benzene rings is 1. The fourth-order valence-corrected chi connectivity index (χ4v) is 3.91. The monoisotopic (exact) mass is 306 g/mol. The predicted molar refractivity (Wildman–Crippen MR) is 76.6 cm³/mol. The minimum atomic E-state index is -0.920. The first-order chi connectivity index (χ1) is 10.1. The highest BCUT2D eigenvalue weighted by Crippen LogP contribution is 2.40. The molecule has 0 unspecified atom stereocenters. The average molecular weight is 306 g/mol. The summed E-state index contributed by atoms with van der Waals surface area (Å²) in [6, 6.07) is 8.66. The van der Waals surface area contributed by atoms with E-state index >= 15 is 0 Å². The Morgan fingerprint density at radius 1 is 1.33 bits per heavy atom. The van der Waals surface area contributed by atoms with E-state index in [2.05, 4.69) is 5.32 Å². The van der Waals surface area contributed by atoms with E-state index in [1.165, 1.54) is 16.7 Å². The summed E-state index contributed by atoms with van der Waals surface area (Å²) in [6.45, 7) is 0.217. The molecule has 0 saturated carbocycles. The number of nitrogens with zero attached hydrogens (tertiary/aromatic N) is 1. The molecule has 2 amide bonds. The summed E-state index contributed by atoms with van der Waals surface area (Å²) in [5.74, 6) is -1.34. The third-order valence-corrected chi connectivity index (χ3v) is 5.09. The Kier molecular flexibility index (Phi) is 3.59. The fraction of sp³-hybridized carbons (Fsp3) is 0.357. The minimum Gasteiger partial charge on any atom is -0.480 e. The van der Waals surface area contributed by atoms with Gasteiger partial charge in [-0.1, -0.05) is 30.3 Å². The molecule has 0 aromatic heterocycles. The molecule has 0 bridgehead atoms. The summed E-state index contributed by atoms with van der Waals surface area (Å²) < 4.78 is 0. The van der Waals surface area contributed by atoms with Crippen LogP contribution in [0.25, 0.3) is 0 Å². The van der Waals surface area contributed by atoms with Gasteiger partial charge in [-0.2, -0.15) is 0 Å². The predicted octanol–water partition coefficient (Wildman–Crippen LogP) is 0.0822. The second kappa shape index (κ2) is 5.40. The van der Waals surface area contributed by atoms with Crippen LogP contribution in [0.4, 0.5) is 0 Å². The third kappa shape index (κ3) is 2.61. The van der Waals surface area contributed by atoms with Crippen LogP contribution in [0.3, 0.4) is 0 Å². The van der Waals surface area contributed by atoms with Gasteiger partial charge in [-0.05, 0) is 5.56 Å². The smallest absolute Gasteiger partial charge is 0.318 e. The molecule has 110 valence electrons. The van der Waals surface area contributed by atoms with Crippen LogP contribution in [0.1, 0.15) is 5.56 Å². The van der Waals surface area contributed by atoms with E-state index in [1.54, 1.807) is 0 Å². The number of hydrogen-bond donors (Lipinski definition) is 2. The van der Waals surface area contributed by atoms with Crippen molar-refractivity contribution in [1.82, 2.24) is 10.2 Å². The molecule has 2 saturated heterocycles. The summed E-state index contributed by atoms with van der Waals surface area (Å²) in [5, 5.41) is 10.8. The van der Waals surface area contributed by atoms with Gasteiger partial charge in [0.05, 0.1) is 6.42 Å². The lowest BCUT2D eigenvalue weighted by Gasteiger charge is -2.41. The second-order valence-corrected chi connectivity index (χ2v) is 6.38. The number of rotatable bonds is 4. The number of carbonyl (C=O) groups is 3. The largest absolute Gasteiger partial charge is 0.480 e. The normalized spacial score (nSPS) is 27.0. The average Bonchev–Trinajstić information content (AvgIpc) is 2.87. The molecule has 0 aliphatic carbocycles. The van der Waals surface area contributed by atoms with Crippen LogP contribution in [-0.2, 0) is 20.8 Å². The Bertz CT molecular complexity index is 592. The second-order valence-electron chi connectivity index (χ2n) is 5.05. The van der Waals surface area contributed by atoms with Gasteiger partial charge in [-0.3, -0.25) is 14.4 Å². The van der Waals surface area contributed by atoms with Crippen molar-refractivity contribution in [2.75, 3.05) is 6.54 Å². The number of β-lactam (4-membered cyclic amide) rings is 1. The first-order valence-electron chi connectivity index (χ1n) is 6.58. The molecule has 1 aromatic rings. The summed E-state index contributed by atoms with van der Waals surface area (Å²) in [5.41, 5.74) is 0.876. The number of carboxylic acids is 1. The van der Waals surface area contributed by atoms with E-state index in [9.17, 15) is 14.4 Å². The van der Waals surface area contributed by atoms with E-state index in [-0.39, 0.29) is 30.2 Å². The number of amides is 2. The Labute approximate surface area is 125 Å². The molecule has 0 radical (unpaired) electrons. The van der Waals surface area contributed by atoms with Crippen molar-refractivity contribution in [2.45, 2.75) is 23.1 Å². The molecular weight excluding hydrogens is 292 g/mol. The molecule has 6 nitrogen and oxygen atoms in total. The number of nitrogens with one attached hydrogen (secondary N) is 1. The Balaban J connectivity index is 1.58. The summed E-state index contributed by atoms with van der Waals surface area (Å²) in [6.07, 6.45) is 0.213. The molecule has 1 aromatic carbocycles. The van der Waals surface area contributed by atoms with Crippen LogP contribution in [0.5, 0.6) is 0 Å². The lowest BCUT2D eigenvalue weighted by molar-refractivity contribution is -0.148. The Morgan fingerprint density at radius 3 is 2.71 bits per heavy atom. The number of aliphatic carboxylic acids is 1. The molecule has 7 heteroatoms. The van der Waals surface area contributed by atoms with E-state index in [0.29, 0.717) is 0 Å². The van der Waals surface area contributed by atoms with Gasteiger partial charge in [0.2, 0.25) is 11.8 Å². The van der Waals surface area contributed by atoms with Gasteiger partial charge in [0, 0.05) is 6.54 Å². The fourth-order valence-electron chi connectivity index (χ4n) is 2.53. The first-order valence-corrected chi connectivity index (χ1v) is 7.52. The highest BCUT2D eigenvalue weighted by atomic mass is 32.2. The van der Waals surface area contributed by atoms with Gasteiger partial charge < -0.3 is 15.3 Å². The maximum absolute atomic E-state index is 12.0. The van der Waals surface area contributed by atoms with Crippen molar-refractivity contribution in [3.8, 4) is 0 Å². The number of carbonyl (C=O) groups excluding carboxylic acids is 2. The molecule has 0 spiro atoms. The highest BCUT2D eigenvalue weighted by Gasteiger charge is 2.55. The molecular formula is C14H14N2O4S. The summed E-state index contributed by atoms with van der Waals surface area (Å²) in [4.78, 5) is 36.3. The van der Waals surface area contributed by atoms with Gasteiger partial charge in [0.25, 0.3) is 0 Å². The molecule has 2 aliphatic heterocycles. The topological polar surface area (TPSA) is 86.7 Å². The Hall–Kier alpha value is -2.02. The number of fused-ring (bicyclic) bond motifs is 1. The zero-order valence-electron chi connectivity index (χ0n) is 11.1. The minimum absolute atomic E-state index is 0.197.